The highest BCUT2D eigenvalue weighted by molar-refractivity contribution is 7.20. The first-order valence-corrected chi connectivity index (χ1v) is 8.79. The largest absolute Gasteiger partial charge is 0.497 e. The van der Waals surface area contributed by atoms with Crippen molar-refractivity contribution in [3.05, 3.63) is 54.5 Å². The topological polar surface area (TPSA) is 73.6 Å². The average molecular weight is 367 g/mol. The van der Waals surface area contributed by atoms with Crippen LogP contribution in [0, 0.1) is 0 Å². The molecular formula is C18H17N5O2S. The van der Waals surface area contributed by atoms with Crippen LogP contribution in [0.4, 0.5) is 5.13 Å². The van der Waals surface area contributed by atoms with Crippen molar-refractivity contribution in [2.24, 2.45) is 0 Å². The summed E-state index contributed by atoms with van der Waals surface area (Å²) in [4.78, 5) is 9.61. The van der Waals surface area contributed by atoms with E-state index in [0.29, 0.717) is 12.3 Å². The molecule has 4 aromatic rings. The summed E-state index contributed by atoms with van der Waals surface area (Å²) >= 11 is 1.50. The van der Waals surface area contributed by atoms with Gasteiger partial charge < -0.3 is 14.8 Å². The van der Waals surface area contributed by atoms with E-state index in [0.717, 1.165) is 32.7 Å². The number of nitrogens with one attached hydrogen (secondary N) is 1. The van der Waals surface area contributed by atoms with E-state index in [-0.39, 0.29) is 0 Å². The minimum atomic E-state index is 0.688. The van der Waals surface area contributed by atoms with Crippen molar-refractivity contribution < 1.29 is 9.47 Å². The highest BCUT2D eigenvalue weighted by Crippen LogP contribution is 2.26. The molecule has 1 N–H and O–H groups in total. The average Bonchev–Trinajstić information content (AvgIpc) is 3.25. The third-order valence-corrected chi connectivity index (χ3v) is 4.77. The number of hydrogen-bond donors (Lipinski definition) is 1. The fourth-order valence-corrected chi connectivity index (χ4v) is 3.28. The van der Waals surface area contributed by atoms with Gasteiger partial charge in [-0.05, 0) is 23.8 Å². The predicted octanol–water partition coefficient (Wildman–Crippen LogP) is 3.48. The molecule has 0 fully saturated rings. The van der Waals surface area contributed by atoms with Crippen LogP contribution >= 0.6 is 11.3 Å². The minimum absolute atomic E-state index is 0.688. The molecule has 3 heterocycles. The second-order valence-corrected chi connectivity index (χ2v) is 6.53. The Hall–Kier alpha value is -3.13. The van der Waals surface area contributed by atoms with Crippen LogP contribution in [0.3, 0.4) is 0 Å². The second-order valence-electron chi connectivity index (χ2n) is 5.58. The van der Waals surface area contributed by atoms with Gasteiger partial charge >= 0.3 is 0 Å². The molecule has 0 radical (unpaired) electrons. The fourth-order valence-electron chi connectivity index (χ4n) is 2.50. The van der Waals surface area contributed by atoms with Crippen LogP contribution in [0.15, 0.2) is 48.9 Å². The van der Waals surface area contributed by atoms with Gasteiger partial charge in [-0.2, -0.15) is 0 Å². The highest BCUT2D eigenvalue weighted by Gasteiger charge is 2.10. The first kappa shape index (κ1) is 16.3. The Balaban J connectivity index is 1.49. The van der Waals surface area contributed by atoms with Gasteiger partial charge in [0.05, 0.1) is 32.3 Å². The lowest BCUT2D eigenvalue weighted by molar-refractivity contribution is 0.413. The molecule has 8 heteroatoms. The van der Waals surface area contributed by atoms with Gasteiger partial charge in [-0.25, -0.2) is 9.50 Å². The number of imidazole rings is 1. The molecule has 0 aliphatic rings. The van der Waals surface area contributed by atoms with Crippen molar-refractivity contribution in [2.45, 2.75) is 6.54 Å². The summed E-state index contributed by atoms with van der Waals surface area (Å²) < 4.78 is 12.2. The summed E-state index contributed by atoms with van der Waals surface area (Å²) in [6, 6.07) is 9.85. The minimum Gasteiger partial charge on any atom is -0.497 e. The van der Waals surface area contributed by atoms with Gasteiger partial charge in [0.15, 0.2) is 0 Å². The smallest absolute Gasteiger partial charge is 0.214 e. The molecule has 0 saturated heterocycles. The van der Waals surface area contributed by atoms with Crippen LogP contribution in [0.1, 0.15) is 5.56 Å². The van der Waals surface area contributed by atoms with E-state index in [1.807, 2.05) is 36.5 Å². The Morgan fingerprint density at radius 1 is 1.08 bits per heavy atom. The van der Waals surface area contributed by atoms with Gasteiger partial charge in [0.2, 0.25) is 10.1 Å². The molecule has 0 saturated carbocycles. The van der Waals surface area contributed by atoms with E-state index in [2.05, 4.69) is 20.4 Å². The zero-order valence-electron chi connectivity index (χ0n) is 14.3. The Morgan fingerprint density at radius 3 is 2.62 bits per heavy atom. The normalized spacial score (nSPS) is 10.8. The lowest BCUT2D eigenvalue weighted by atomic mass is 10.2. The molecule has 0 unspecified atom stereocenters. The van der Waals surface area contributed by atoms with Gasteiger partial charge in [0, 0.05) is 18.3 Å². The van der Waals surface area contributed by atoms with Gasteiger partial charge in [-0.3, -0.25) is 4.98 Å². The zero-order chi connectivity index (χ0) is 17.9. The SMILES string of the molecule is COc1ccc(CNc2nn3cc(-c4cncc(OC)c4)nc3s2)cc1. The Kier molecular flexibility index (Phi) is 4.40. The first-order valence-electron chi connectivity index (χ1n) is 7.97. The quantitative estimate of drug-likeness (QED) is 0.562. The maximum absolute atomic E-state index is 5.21. The number of pyridine rings is 1. The van der Waals surface area contributed by atoms with Gasteiger partial charge in [0.1, 0.15) is 11.5 Å². The number of benzene rings is 1. The van der Waals surface area contributed by atoms with Gasteiger partial charge in [0.25, 0.3) is 0 Å². The number of aromatic nitrogens is 4. The molecule has 0 aliphatic carbocycles. The van der Waals surface area contributed by atoms with Crippen molar-refractivity contribution in [2.75, 3.05) is 19.5 Å². The predicted molar refractivity (Wildman–Crippen MR) is 101 cm³/mol. The van der Waals surface area contributed by atoms with Crippen LogP contribution in [-0.4, -0.2) is 33.8 Å². The number of fused-ring (bicyclic) bond motifs is 1. The van der Waals surface area contributed by atoms with Crippen LogP contribution in [-0.2, 0) is 6.54 Å². The molecule has 1 aromatic carbocycles. The number of ether oxygens (including phenoxy) is 2. The number of hydrogen-bond acceptors (Lipinski definition) is 7. The van der Waals surface area contributed by atoms with Gasteiger partial charge in [-0.1, -0.05) is 23.5 Å². The number of rotatable bonds is 6. The molecule has 26 heavy (non-hydrogen) atoms. The van der Waals surface area contributed by atoms with E-state index < -0.39 is 0 Å². The summed E-state index contributed by atoms with van der Waals surface area (Å²) in [7, 11) is 3.28. The summed E-state index contributed by atoms with van der Waals surface area (Å²) in [5.74, 6) is 1.55. The first-order chi connectivity index (χ1) is 12.7. The monoisotopic (exact) mass is 367 g/mol. The molecule has 0 amide bonds. The van der Waals surface area contributed by atoms with Crippen LogP contribution in [0.25, 0.3) is 16.2 Å². The van der Waals surface area contributed by atoms with E-state index in [1.165, 1.54) is 11.3 Å². The summed E-state index contributed by atoms with van der Waals surface area (Å²) in [6.45, 7) is 0.688. The van der Waals surface area contributed by atoms with Crippen molar-refractivity contribution >= 4 is 21.4 Å². The van der Waals surface area contributed by atoms with E-state index >= 15 is 0 Å². The van der Waals surface area contributed by atoms with Crippen LogP contribution in [0.5, 0.6) is 11.5 Å². The molecule has 132 valence electrons. The molecule has 0 bridgehead atoms. The Morgan fingerprint density at radius 2 is 1.88 bits per heavy atom. The lowest BCUT2D eigenvalue weighted by Crippen LogP contribution is -1.99. The molecule has 4 rings (SSSR count). The fraction of sp³-hybridized carbons (Fsp3) is 0.167. The number of nitrogens with zero attached hydrogens (tertiary/aromatic N) is 4. The Labute approximate surface area is 154 Å². The van der Waals surface area contributed by atoms with Crippen molar-refractivity contribution in [3.8, 4) is 22.8 Å². The molecule has 0 aliphatic heterocycles. The summed E-state index contributed by atoms with van der Waals surface area (Å²) in [5.41, 5.74) is 2.87. The lowest BCUT2D eigenvalue weighted by Gasteiger charge is -2.04. The Bertz CT molecular complexity index is 994. The molecule has 7 nitrogen and oxygen atoms in total. The molecule has 0 spiro atoms. The maximum Gasteiger partial charge on any atom is 0.214 e. The maximum atomic E-state index is 5.21. The molecule has 3 aromatic heterocycles. The summed E-state index contributed by atoms with van der Waals surface area (Å²) in [6.07, 6.45) is 5.32. The molecule has 0 atom stereocenters. The standard InChI is InChI=1S/C18H17N5O2S/c1-24-14-5-3-12(4-6-14)8-20-17-22-23-11-16(21-18(23)26-17)13-7-15(25-2)10-19-9-13/h3-7,9-11H,8H2,1-2H3,(H,20,22). The second kappa shape index (κ2) is 7.01. The van der Waals surface area contributed by atoms with E-state index in [1.54, 1.807) is 31.1 Å². The van der Waals surface area contributed by atoms with E-state index in [9.17, 15) is 0 Å². The molecular weight excluding hydrogens is 350 g/mol. The van der Waals surface area contributed by atoms with Gasteiger partial charge in [-0.15, -0.1) is 5.10 Å². The van der Waals surface area contributed by atoms with Crippen molar-refractivity contribution in [1.29, 1.82) is 0 Å². The number of anilines is 1. The highest BCUT2D eigenvalue weighted by atomic mass is 32.1. The van der Waals surface area contributed by atoms with Crippen molar-refractivity contribution in [1.82, 2.24) is 19.6 Å². The zero-order valence-corrected chi connectivity index (χ0v) is 15.2. The van der Waals surface area contributed by atoms with Crippen LogP contribution in [0.2, 0.25) is 0 Å². The third-order valence-electron chi connectivity index (χ3n) is 3.89. The van der Waals surface area contributed by atoms with Crippen molar-refractivity contribution in [3.63, 3.8) is 0 Å². The number of methoxy groups -OCH3 is 2. The third kappa shape index (κ3) is 3.31. The van der Waals surface area contributed by atoms with E-state index in [4.69, 9.17) is 9.47 Å². The van der Waals surface area contributed by atoms with Crippen LogP contribution < -0.4 is 14.8 Å². The summed E-state index contributed by atoms with van der Waals surface area (Å²) in [5, 5.41) is 8.68.